The number of carbonyl (C=O) groups excluding carboxylic acids is 1. The van der Waals surface area contributed by atoms with E-state index < -0.39 is 5.82 Å². The van der Waals surface area contributed by atoms with Gasteiger partial charge in [0.25, 0.3) is 5.91 Å². The predicted octanol–water partition coefficient (Wildman–Crippen LogP) is 3.81. The number of halogens is 1. The summed E-state index contributed by atoms with van der Waals surface area (Å²) in [7, 11) is 0. The molecular weight excluding hydrogens is 255 g/mol. The van der Waals surface area contributed by atoms with Crippen molar-refractivity contribution in [2.75, 3.05) is 12.3 Å². The second-order valence-corrected chi connectivity index (χ2v) is 5.20. The van der Waals surface area contributed by atoms with E-state index in [1.54, 1.807) is 6.92 Å². The third-order valence-electron chi connectivity index (χ3n) is 3.46. The fourth-order valence-corrected chi connectivity index (χ4v) is 2.04. The van der Waals surface area contributed by atoms with Gasteiger partial charge in [0.05, 0.1) is 0 Å². The van der Waals surface area contributed by atoms with Crippen molar-refractivity contribution in [3.63, 3.8) is 0 Å². The van der Waals surface area contributed by atoms with Crippen LogP contribution < -0.4 is 11.1 Å². The molecule has 0 saturated heterocycles. The van der Waals surface area contributed by atoms with Gasteiger partial charge >= 0.3 is 0 Å². The van der Waals surface area contributed by atoms with Gasteiger partial charge in [0.2, 0.25) is 0 Å². The minimum atomic E-state index is -0.435. The van der Waals surface area contributed by atoms with Gasteiger partial charge in [-0.1, -0.05) is 39.0 Å². The zero-order valence-electron chi connectivity index (χ0n) is 12.5. The minimum absolute atomic E-state index is 0.260. The van der Waals surface area contributed by atoms with Crippen molar-refractivity contribution < 1.29 is 9.18 Å². The zero-order chi connectivity index (χ0) is 15.0. The van der Waals surface area contributed by atoms with Gasteiger partial charge in [0.15, 0.2) is 0 Å². The van der Waals surface area contributed by atoms with Crippen LogP contribution in [0.15, 0.2) is 12.1 Å². The molecule has 0 radical (unpaired) electrons. The van der Waals surface area contributed by atoms with Crippen LogP contribution in [-0.4, -0.2) is 12.5 Å². The summed E-state index contributed by atoms with van der Waals surface area (Å²) in [6.45, 7) is 4.41. The molecule has 0 unspecified atom stereocenters. The maximum absolute atomic E-state index is 13.5. The molecule has 0 atom stereocenters. The van der Waals surface area contributed by atoms with E-state index in [-0.39, 0.29) is 11.5 Å². The molecule has 20 heavy (non-hydrogen) atoms. The summed E-state index contributed by atoms with van der Waals surface area (Å²) in [5, 5.41) is 2.80. The van der Waals surface area contributed by atoms with Crippen molar-refractivity contribution in [3.8, 4) is 0 Å². The Morgan fingerprint density at radius 2 is 1.85 bits per heavy atom. The Bertz CT molecular complexity index is 423. The van der Waals surface area contributed by atoms with Crippen LogP contribution in [-0.2, 0) is 0 Å². The van der Waals surface area contributed by atoms with Crippen LogP contribution in [0.4, 0.5) is 10.1 Å². The first-order valence-corrected chi connectivity index (χ1v) is 7.40. The molecule has 1 amide bonds. The molecule has 3 nitrogen and oxygen atoms in total. The van der Waals surface area contributed by atoms with Crippen LogP contribution >= 0.6 is 0 Å². The van der Waals surface area contributed by atoms with Crippen molar-refractivity contribution in [1.82, 2.24) is 5.32 Å². The number of nitrogens with two attached hydrogens (primary N) is 1. The molecule has 1 aromatic carbocycles. The molecule has 0 aliphatic carbocycles. The number of hydrogen-bond donors (Lipinski definition) is 2. The molecule has 0 aromatic heterocycles. The van der Waals surface area contributed by atoms with Gasteiger partial charge in [-0.05, 0) is 25.5 Å². The van der Waals surface area contributed by atoms with Gasteiger partial charge in [-0.25, -0.2) is 4.39 Å². The summed E-state index contributed by atoms with van der Waals surface area (Å²) in [6.07, 6.45) is 7.04. The molecule has 0 bridgehead atoms. The normalized spacial score (nSPS) is 10.6. The summed E-state index contributed by atoms with van der Waals surface area (Å²) in [6, 6.07) is 2.76. The van der Waals surface area contributed by atoms with Gasteiger partial charge in [-0.15, -0.1) is 0 Å². The molecule has 0 aliphatic rings. The number of anilines is 1. The first-order valence-electron chi connectivity index (χ1n) is 7.40. The van der Waals surface area contributed by atoms with E-state index in [0.29, 0.717) is 17.8 Å². The highest BCUT2D eigenvalue weighted by atomic mass is 19.1. The third kappa shape index (κ3) is 5.19. The topological polar surface area (TPSA) is 55.1 Å². The number of unbranched alkanes of at least 4 members (excludes halogenated alkanes) is 5. The Balaban J connectivity index is 2.33. The molecule has 0 heterocycles. The smallest absolute Gasteiger partial charge is 0.251 e. The average molecular weight is 280 g/mol. The first kappa shape index (κ1) is 16.5. The second kappa shape index (κ2) is 8.56. The molecule has 112 valence electrons. The first-order chi connectivity index (χ1) is 9.56. The molecule has 0 aliphatic heterocycles. The van der Waals surface area contributed by atoms with E-state index in [1.165, 1.54) is 37.8 Å². The number of hydrogen-bond acceptors (Lipinski definition) is 2. The molecule has 1 rings (SSSR count). The monoisotopic (exact) mass is 280 g/mol. The molecule has 3 N–H and O–H groups in total. The van der Waals surface area contributed by atoms with Gasteiger partial charge in [0.1, 0.15) is 5.82 Å². The number of nitrogens with one attached hydrogen (secondary N) is 1. The zero-order valence-corrected chi connectivity index (χ0v) is 12.5. The van der Waals surface area contributed by atoms with Crippen molar-refractivity contribution in [1.29, 1.82) is 0 Å². The lowest BCUT2D eigenvalue weighted by Gasteiger charge is -2.08. The van der Waals surface area contributed by atoms with E-state index in [2.05, 4.69) is 12.2 Å². The van der Waals surface area contributed by atoms with Gasteiger partial charge in [-0.2, -0.15) is 0 Å². The number of carbonyl (C=O) groups is 1. The van der Waals surface area contributed by atoms with Crippen LogP contribution in [0.3, 0.4) is 0 Å². The second-order valence-electron chi connectivity index (χ2n) is 5.20. The van der Waals surface area contributed by atoms with Crippen LogP contribution in [0.2, 0.25) is 0 Å². The average Bonchev–Trinajstić information content (AvgIpc) is 2.43. The van der Waals surface area contributed by atoms with Gasteiger partial charge in [-0.3, -0.25) is 4.79 Å². The summed E-state index contributed by atoms with van der Waals surface area (Å²) in [5.41, 5.74) is 6.65. The highest BCUT2D eigenvalue weighted by molar-refractivity contribution is 5.95. The number of nitrogen functional groups attached to an aromatic ring is 1. The Morgan fingerprint density at radius 3 is 2.50 bits per heavy atom. The number of benzene rings is 1. The summed E-state index contributed by atoms with van der Waals surface area (Å²) in [4.78, 5) is 11.9. The summed E-state index contributed by atoms with van der Waals surface area (Å²) >= 11 is 0. The van der Waals surface area contributed by atoms with Crippen LogP contribution in [0.25, 0.3) is 0 Å². The molecule has 0 saturated carbocycles. The van der Waals surface area contributed by atoms with E-state index in [0.717, 1.165) is 12.8 Å². The summed E-state index contributed by atoms with van der Waals surface area (Å²) < 4.78 is 13.5. The van der Waals surface area contributed by atoms with Gasteiger partial charge < -0.3 is 11.1 Å². The lowest BCUT2D eigenvalue weighted by atomic mass is 10.1. The van der Waals surface area contributed by atoms with Crippen LogP contribution in [0, 0.1) is 12.7 Å². The highest BCUT2D eigenvalue weighted by Crippen LogP contribution is 2.17. The molecule has 1 aromatic rings. The van der Waals surface area contributed by atoms with E-state index in [4.69, 9.17) is 5.73 Å². The lowest BCUT2D eigenvalue weighted by molar-refractivity contribution is 0.0952. The van der Waals surface area contributed by atoms with Crippen molar-refractivity contribution in [3.05, 3.63) is 29.1 Å². The predicted molar refractivity (Wildman–Crippen MR) is 81.3 cm³/mol. The van der Waals surface area contributed by atoms with Gasteiger partial charge in [0, 0.05) is 23.4 Å². The standard InChI is InChI=1S/C16H25FN2O/c1-3-4-5-6-7-8-9-19-16(20)13-10-14(17)12(2)15(18)11-13/h10-11H,3-9,18H2,1-2H3,(H,19,20). The third-order valence-corrected chi connectivity index (χ3v) is 3.46. The fourth-order valence-electron chi connectivity index (χ4n) is 2.04. The quantitative estimate of drug-likeness (QED) is 0.562. The molecule has 0 spiro atoms. The van der Waals surface area contributed by atoms with E-state index in [9.17, 15) is 9.18 Å². The Hall–Kier alpha value is -1.58. The van der Waals surface area contributed by atoms with E-state index >= 15 is 0 Å². The summed E-state index contributed by atoms with van der Waals surface area (Å²) in [5.74, 6) is -0.695. The van der Waals surface area contributed by atoms with Crippen molar-refractivity contribution in [2.24, 2.45) is 0 Å². The Kier molecular flexibility index (Phi) is 7.05. The van der Waals surface area contributed by atoms with E-state index in [1.807, 2.05) is 0 Å². The van der Waals surface area contributed by atoms with Crippen molar-refractivity contribution >= 4 is 11.6 Å². The maximum Gasteiger partial charge on any atom is 0.251 e. The highest BCUT2D eigenvalue weighted by Gasteiger charge is 2.10. The minimum Gasteiger partial charge on any atom is -0.398 e. The van der Waals surface area contributed by atoms with Crippen LogP contribution in [0.5, 0.6) is 0 Å². The van der Waals surface area contributed by atoms with Crippen LogP contribution in [0.1, 0.15) is 61.4 Å². The fraction of sp³-hybridized carbons (Fsp3) is 0.562. The lowest BCUT2D eigenvalue weighted by Crippen LogP contribution is -2.24. The molecule has 4 heteroatoms. The Labute approximate surface area is 120 Å². The SMILES string of the molecule is CCCCCCCCNC(=O)c1cc(N)c(C)c(F)c1. The molecule has 0 fully saturated rings. The maximum atomic E-state index is 13.5. The largest absolute Gasteiger partial charge is 0.398 e. The number of amides is 1. The Morgan fingerprint density at radius 1 is 1.20 bits per heavy atom. The number of rotatable bonds is 8. The van der Waals surface area contributed by atoms with Crippen molar-refractivity contribution in [2.45, 2.75) is 52.4 Å². The molecular formula is C16H25FN2O.